The van der Waals surface area contributed by atoms with Gasteiger partial charge < -0.3 is 9.80 Å². The van der Waals surface area contributed by atoms with Crippen molar-refractivity contribution in [1.82, 2.24) is 9.88 Å². The third-order valence-corrected chi connectivity index (χ3v) is 5.61. The highest BCUT2D eigenvalue weighted by atomic mass is 19.1. The first-order valence-electron chi connectivity index (χ1n) is 8.76. The van der Waals surface area contributed by atoms with Gasteiger partial charge in [0.2, 0.25) is 5.91 Å². The summed E-state index contributed by atoms with van der Waals surface area (Å²) in [4.78, 5) is 20.9. The molecule has 4 rings (SSSR count). The molecule has 3 heterocycles. The summed E-state index contributed by atoms with van der Waals surface area (Å²) in [5.41, 5.74) is 3.00. The van der Waals surface area contributed by atoms with Gasteiger partial charge in [0, 0.05) is 49.7 Å². The number of hydrogen-bond acceptors (Lipinski definition) is 3. The van der Waals surface area contributed by atoms with Crippen LogP contribution in [0.3, 0.4) is 0 Å². The van der Waals surface area contributed by atoms with Crippen molar-refractivity contribution >= 4 is 11.6 Å². The molecular formula is C20H22FN3O. The van der Waals surface area contributed by atoms with E-state index in [9.17, 15) is 9.18 Å². The lowest BCUT2D eigenvalue weighted by Gasteiger charge is -2.40. The molecule has 25 heavy (non-hydrogen) atoms. The van der Waals surface area contributed by atoms with Crippen LogP contribution in [0.1, 0.15) is 24.1 Å². The SMILES string of the molecule is CN1CC2(CCN(C(=O)Cc3ccccn3)CC2)c2cc(F)ccc21. The van der Waals surface area contributed by atoms with Gasteiger partial charge in [-0.1, -0.05) is 6.07 Å². The number of aromatic nitrogens is 1. The zero-order chi connectivity index (χ0) is 17.4. The number of nitrogens with zero attached hydrogens (tertiary/aromatic N) is 3. The number of benzene rings is 1. The van der Waals surface area contributed by atoms with Crippen LogP contribution in [-0.4, -0.2) is 42.5 Å². The van der Waals surface area contributed by atoms with Crippen LogP contribution in [0.4, 0.5) is 10.1 Å². The van der Waals surface area contributed by atoms with Crippen molar-refractivity contribution in [2.24, 2.45) is 0 Å². The van der Waals surface area contributed by atoms with Crippen LogP contribution < -0.4 is 4.90 Å². The predicted octanol–water partition coefficient (Wildman–Crippen LogP) is 2.77. The van der Waals surface area contributed by atoms with Crippen LogP contribution in [0.15, 0.2) is 42.6 Å². The third kappa shape index (κ3) is 2.88. The van der Waals surface area contributed by atoms with Crippen molar-refractivity contribution in [3.8, 4) is 0 Å². The van der Waals surface area contributed by atoms with Gasteiger partial charge in [-0.25, -0.2) is 4.39 Å². The Morgan fingerprint density at radius 2 is 2.04 bits per heavy atom. The number of pyridine rings is 1. The molecule has 1 saturated heterocycles. The topological polar surface area (TPSA) is 36.4 Å². The fourth-order valence-electron chi connectivity index (χ4n) is 4.27. The quantitative estimate of drug-likeness (QED) is 0.844. The molecule has 0 bridgehead atoms. The fourth-order valence-corrected chi connectivity index (χ4v) is 4.27. The highest BCUT2D eigenvalue weighted by Crippen LogP contribution is 2.46. The zero-order valence-corrected chi connectivity index (χ0v) is 14.4. The Morgan fingerprint density at radius 1 is 1.24 bits per heavy atom. The first kappa shape index (κ1) is 16.1. The summed E-state index contributed by atoms with van der Waals surface area (Å²) < 4.78 is 13.8. The Bertz CT molecular complexity index is 785. The van der Waals surface area contributed by atoms with Gasteiger partial charge in [-0.3, -0.25) is 9.78 Å². The molecular weight excluding hydrogens is 317 g/mol. The molecule has 5 heteroatoms. The minimum Gasteiger partial charge on any atom is -0.373 e. The van der Waals surface area contributed by atoms with E-state index in [4.69, 9.17) is 0 Å². The molecule has 0 radical (unpaired) electrons. The number of piperidine rings is 1. The van der Waals surface area contributed by atoms with E-state index in [1.54, 1.807) is 12.3 Å². The van der Waals surface area contributed by atoms with Crippen molar-refractivity contribution in [3.63, 3.8) is 0 Å². The summed E-state index contributed by atoms with van der Waals surface area (Å²) in [6, 6.07) is 10.7. The zero-order valence-electron chi connectivity index (χ0n) is 14.4. The van der Waals surface area contributed by atoms with Gasteiger partial charge in [0.15, 0.2) is 0 Å². The number of likely N-dealkylation sites (N-methyl/N-ethyl adjacent to an activating group) is 1. The third-order valence-electron chi connectivity index (χ3n) is 5.61. The lowest BCUT2D eigenvalue weighted by molar-refractivity contribution is -0.132. The highest BCUT2D eigenvalue weighted by Gasteiger charge is 2.44. The van der Waals surface area contributed by atoms with E-state index in [-0.39, 0.29) is 17.1 Å². The van der Waals surface area contributed by atoms with Crippen molar-refractivity contribution in [2.75, 3.05) is 31.6 Å². The van der Waals surface area contributed by atoms with Crippen molar-refractivity contribution in [1.29, 1.82) is 0 Å². The Balaban J connectivity index is 1.47. The van der Waals surface area contributed by atoms with Crippen LogP contribution in [0.2, 0.25) is 0 Å². The molecule has 2 aromatic rings. The number of fused-ring (bicyclic) bond motifs is 2. The van der Waals surface area contributed by atoms with Gasteiger partial charge >= 0.3 is 0 Å². The van der Waals surface area contributed by atoms with E-state index < -0.39 is 0 Å². The predicted molar refractivity (Wildman–Crippen MR) is 95.1 cm³/mol. The molecule has 1 spiro atoms. The number of likely N-dealkylation sites (tertiary alicyclic amines) is 1. The number of rotatable bonds is 2. The number of hydrogen-bond donors (Lipinski definition) is 0. The fraction of sp³-hybridized carbons (Fsp3) is 0.400. The van der Waals surface area contributed by atoms with Crippen LogP contribution in [-0.2, 0) is 16.6 Å². The maximum absolute atomic E-state index is 13.8. The van der Waals surface area contributed by atoms with Crippen LogP contribution in [0, 0.1) is 5.82 Å². The Kier molecular flexibility index (Phi) is 3.94. The van der Waals surface area contributed by atoms with Crippen LogP contribution >= 0.6 is 0 Å². The van der Waals surface area contributed by atoms with Crippen LogP contribution in [0.25, 0.3) is 0 Å². The smallest absolute Gasteiger partial charge is 0.228 e. The van der Waals surface area contributed by atoms with E-state index in [0.29, 0.717) is 6.42 Å². The Morgan fingerprint density at radius 3 is 2.76 bits per heavy atom. The highest BCUT2D eigenvalue weighted by molar-refractivity contribution is 5.78. The van der Waals surface area contributed by atoms with E-state index in [2.05, 4.69) is 16.9 Å². The first-order valence-corrected chi connectivity index (χ1v) is 8.76. The molecule has 0 unspecified atom stereocenters. The molecule has 4 nitrogen and oxygen atoms in total. The summed E-state index contributed by atoms with van der Waals surface area (Å²) in [5.74, 6) is -0.0542. The van der Waals surface area contributed by atoms with Gasteiger partial charge in [-0.05, 0) is 48.7 Å². The monoisotopic (exact) mass is 339 g/mol. The van der Waals surface area contributed by atoms with Crippen molar-refractivity contribution in [2.45, 2.75) is 24.7 Å². The molecule has 1 amide bonds. The average molecular weight is 339 g/mol. The second-order valence-corrected chi connectivity index (χ2v) is 7.18. The number of carbonyl (C=O) groups excluding carboxylic acids is 1. The van der Waals surface area contributed by atoms with E-state index in [1.165, 1.54) is 6.07 Å². The maximum atomic E-state index is 13.8. The minimum absolute atomic E-state index is 0.0338. The van der Waals surface area contributed by atoms with Crippen molar-refractivity contribution < 1.29 is 9.18 Å². The normalized spacial score (nSPS) is 18.5. The maximum Gasteiger partial charge on any atom is 0.228 e. The molecule has 130 valence electrons. The molecule has 0 saturated carbocycles. The Labute approximate surface area is 147 Å². The summed E-state index contributed by atoms with van der Waals surface area (Å²) in [7, 11) is 2.06. The van der Waals surface area contributed by atoms with Crippen LogP contribution in [0.5, 0.6) is 0 Å². The number of carbonyl (C=O) groups is 1. The van der Waals surface area contributed by atoms with Gasteiger partial charge in [-0.2, -0.15) is 0 Å². The van der Waals surface area contributed by atoms with Crippen molar-refractivity contribution in [3.05, 3.63) is 59.7 Å². The lowest BCUT2D eigenvalue weighted by Crippen LogP contribution is -2.47. The second kappa shape index (κ2) is 6.14. The summed E-state index contributed by atoms with van der Waals surface area (Å²) >= 11 is 0. The molecule has 0 aliphatic carbocycles. The van der Waals surface area contributed by atoms with E-state index in [0.717, 1.165) is 49.4 Å². The number of halogens is 1. The van der Waals surface area contributed by atoms with E-state index >= 15 is 0 Å². The minimum atomic E-state index is -0.179. The first-order chi connectivity index (χ1) is 12.1. The van der Waals surface area contributed by atoms with E-state index in [1.807, 2.05) is 29.2 Å². The summed E-state index contributed by atoms with van der Waals surface area (Å²) in [6.07, 6.45) is 3.82. The lowest BCUT2D eigenvalue weighted by atomic mass is 9.74. The number of amides is 1. The van der Waals surface area contributed by atoms with Gasteiger partial charge in [0.25, 0.3) is 0 Å². The summed E-state index contributed by atoms with van der Waals surface area (Å²) in [5, 5.41) is 0. The van der Waals surface area contributed by atoms with Gasteiger partial charge in [-0.15, -0.1) is 0 Å². The summed E-state index contributed by atoms with van der Waals surface area (Å²) in [6.45, 7) is 2.33. The second-order valence-electron chi connectivity index (χ2n) is 7.18. The Hall–Kier alpha value is -2.43. The molecule has 2 aliphatic rings. The largest absolute Gasteiger partial charge is 0.373 e. The number of anilines is 1. The average Bonchev–Trinajstić information content (AvgIpc) is 2.88. The molecule has 1 aromatic heterocycles. The molecule has 1 aromatic carbocycles. The molecule has 1 fully saturated rings. The molecule has 0 atom stereocenters. The van der Waals surface area contributed by atoms with Gasteiger partial charge in [0.05, 0.1) is 6.42 Å². The standard InChI is InChI=1S/C20H22FN3O/c1-23-14-20(17-12-15(21)5-6-18(17)23)7-10-24(11-8-20)19(25)13-16-4-2-3-9-22-16/h2-6,9,12H,7-8,10-11,13-14H2,1H3. The van der Waals surface area contributed by atoms with Gasteiger partial charge in [0.1, 0.15) is 5.82 Å². The molecule has 2 aliphatic heterocycles. The molecule has 0 N–H and O–H groups in total.